The van der Waals surface area contributed by atoms with Crippen LogP contribution in [0, 0.1) is 5.82 Å². The number of nitrogen functional groups attached to an aromatic ring is 2. The summed E-state index contributed by atoms with van der Waals surface area (Å²) in [5.41, 5.74) is 12.4. The molecular weight excluding hydrogens is 379 g/mol. The van der Waals surface area contributed by atoms with Crippen LogP contribution in [0.25, 0.3) is 28.1 Å². The molecule has 2 aromatic heterocycles. The van der Waals surface area contributed by atoms with E-state index in [4.69, 9.17) is 11.5 Å². The standard InChI is InChI=1S/C19H15FN6OS/c1-28-13-8-6-12(7-9-13)26-17(10-2-4-11(20)5-3-10)24-16-14(18(26)27)15(21)23-19(22)25-16/h2-9H,1H3,(H4,21,22,23,25). The first kappa shape index (κ1) is 17.9. The number of thioether (sulfide) groups is 1. The van der Waals surface area contributed by atoms with E-state index < -0.39 is 11.4 Å². The van der Waals surface area contributed by atoms with Crippen LogP contribution in [0.2, 0.25) is 0 Å². The number of rotatable bonds is 3. The summed E-state index contributed by atoms with van der Waals surface area (Å²) in [5.74, 6) is -0.213. The van der Waals surface area contributed by atoms with Gasteiger partial charge < -0.3 is 11.5 Å². The third-order valence-corrected chi connectivity index (χ3v) is 4.95. The quantitative estimate of drug-likeness (QED) is 0.514. The summed E-state index contributed by atoms with van der Waals surface area (Å²) in [4.78, 5) is 26.8. The maximum atomic E-state index is 13.4. The Bertz CT molecular complexity index is 1240. The molecule has 0 bridgehead atoms. The van der Waals surface area contributed by atoms with Crippen molar-refractivity contribution in [3.05, 3.63) is 64.7 Å². The molecule has 0 aliphatic heterocycles. The van der Waals surface area contributed by atoms with Crippen molar-refractivity contribution in [2.75, 3.05) is 17.7 Å². The summed E-state index contributed by atoms with van der Waals surface area (Å²) in [6.45, 7) is 0. The molecule has 0 saturated carbocycles. The van der Waals surface area contributed by atoms with Crippen LogP contribution in [0.15, 0.2) is 58.2 Å². The minimum atomic E-state index is -0.432. The first-order valence-electron chi connectivity index (χ1n) is 8.24. The van der Waals surface area contributed by atoms with Gasteiger partial charge in [-0.05, 0) is 54.8 Å². The van der Waals surface area contributed by atoms with E-state index in [0.29, 0.717) is 17.1 Å². The molecule has 0 amide bonds. The molecule has 0 unspecified atom stereocenters. The molecule has 0 aliphatic rings. The Morgan fingerprint density at radius 1 is 0.964 bits per heavy atom. The SMILES string of the molecule is CSc1ccc(-n2c(-c3ccc(F)cc3)nc3nc(N)nc(N)c3c2=O)cc1. The monoisotopic (exact) mass is 394 g/mol. The maximum Gasteiger partial charge on any atom is 0.271 e. The molecular formula is C19H15FN6OS. The van der Waals surface area contributed by atoms with Gasteiger partial charge in [0.1, 0.15) is 22.8 Å². The molecule has 2 heterocycles. The van der Waals surface area contributed by atoms with Gasteiger partial charge in [-0.15, -0.1) is 11.8 Å². The molecule has 4 aromatic rings. The molecule has 0 atom stereocenters. The van der Waals surface area contributed by atoms with Crippen molar-refractivity contribution in [2.24, 2.45) is 0 Å². The van der Waals surface area contributed by atoms with Gasteiger partial charge in [-0.3, -0.25) is 9.36 Å². The first-order chi connectivity index (χ1) is 13.5. The minimum Gasteiger partial charge on any atom is -0.383 e. The van der Waals surface area contributed by atoms with Crippen molar-refractivity contribution in [1.29, 1.82) is 0 Å². The summed E-state index contributed by atoms with van der Waals surface area (Å²) in [7, 11) is 0. The van der Waals surface area contributed by atoms with E-state index in [1.807, 2.05) is 30.5 Å². The van der Waals surface area contributed by atoms with E-state index in [0.717, 1.165) is 4.90 Å². The number of hydrogen-bond acceptors (Lipinski definition) is 7. The fraction of sp³-hybridized carbons (Fsp3) is 0.0526. The Kier molecular flexibility index (Phi) is 4.44. The van der Waals surface area contributed by atoms with Gasteiger partial charge in [0, 0.05) is 10.5 Å². The second-order valence-corrected chi connectivity index (χ2v) is 6.83. The molecule has 0 radical (unpaired) electrons. The zero-order valence-corrected chi connectivity index (χ0v) is 15.6. The summed E-state index contributed by atoms with van der Waals surface area (Å²) < 4.78 is 14.8. The first-order valence-corrected chi connectivity index (χ1v) is 9.46. The lowest BCUT2D eigenvalue weighted by Crippen LogP contribution is -2.24. The van der Waals surface area contributed by atoms with E-state index in [2.05, 4.69) is 15.0 Å². The third-order valence-electron chi connectivity index (χ3n) is 4.21. The summed E-state index contributed by atoms with van der Waals surface area (Å²) in [6, 6.07) is 13.1. The number of halogens is 1. The van der Waals surface area contributed by atoms with Crippen molar-refractivity contribution in [3.63, 3.8) is 0 Å². The molecule has 0 spiro atoms. The Hall–Kier alpha value is -3.46. The van der Waals surface area contributed by atoms with E-state index in [9.17, 15) is 9.18 Å². The lowest BCUT2D eigenvalue weighted by Gasteiger charge is -2.14. The van der Waals surface area contributed by atoms with E-state index >= 15 is 0 Å². The van der Waals surface area contributed by atoms with E-state index in [1.165, 1.54) is 16.7 Å². The highest BCUT2D eigenvalue weighted by molar-refractivity contribution is 7.98. The predicted molar refractivity (Wildman–Crippen MR) is 109 cm³/mol. The average Bonchev–Trinajstić information content (AvgIpc) is 2.68. The molecule has 2 aromatic carbocycles. The van der Waals surface area contributed by atoms with Crippen LogP contribution in [-0.4, -0.2) is 25.8 Å². The van der Waals surface area contributed by atoms with Crippen LogP contribution in [0.4, 0.5) is 16.2 Å². The number of aromatic nitrogens is 4. The number of hydrogen-bond donors (Lipinski definition) is 2. The van der Waals surface area contributed by atoms with E-state index in [-0.39, 0.29) is 22.8 Å². The molecule has 0 saturated heterocycles. The smallest absolute Gasteiger partial charge is 0.271 e. The van der Waals surface area contributed by atoms with E-state index in [1.54, 1.807) is 23.9 Å². The van der Waals surface area contributed by atoms with Gasteiger partial charge >= 0.3 is 0 Å². The lowest BCUT2D eigenvalue weighted by atomic mass is 10.2. The lowest BCUT2D eigenvalue weighted by molar-refractivity contribution is 0.628. The molecule has 140 valence electrons. The molecule has 0 aliphatic carbocycles. The second-order valence-electron chi connectivity index (χ2n) is 5.95. The van der Waals surface area contributed by atoms with Crippen LogP contribution < -0.4 is 17.0 Å². The van der Waals surface area contributed by atoms with Gasteiger partial charge in [-0.25, -0.2) is 9.37 Å². The van der Waals surface area contributed by atoms with Crippen LogP contribution in [0.5, 0.6) is 0 Å². The Morgan fingerprint density at radius 2 is 1.64 bits per heavy atom. The van der Waals surface area contributed by atoms with Crippen LogP contribution >= 0.6 is 11.8 Å². The highest BCUT2D eigenvalue weighted by Gasteiger charge is 2.18. The fourth-order valence-electron chi connectivity index (χ4n) is 2.89. The van der Waals surface area contributed by atoms with Gasteiger partial charge in [0.2, 0.25) is 5.95 Å². The van der Waals surface area contributed by atoms with Gasteiger partial charge in [0.15, 0.2) is 5.65 Å². The van der Waals surface area contributed by atoms with Crippen molar-refractivity contribution in [2.45, 2.75) is 4.90 Å². The van der Waals surface area contributed by atoms with Crippen LogP contribution in [-0.2, 0) is 0 Å². The number of anilines is 2. The predicted octanol–water partition coefficient (Wildman–Crippen LogP) is 2.87. The van der Waals surface area contributed by atoms with Gasteiger partial charge in [0.25, 0.3) is 5.56 Å². The molecule has 4 N–H and O–H groups in total. The van der Waals surface area contributed by atoms with Gasteiger partial charge in [-0.1, -0.05) is 0 Å². The molecule has 4 rings (SSSR count). The topological polar surface area (TPSA) is 113 Å². The summed E-state index contributed by atoms with van der Waals surface area (Å²) >= 11 is 1.59. The van der Waals surface area contributed by atoms with Gasteiger partial charge in [-0.2, -0.15) is 9.97 Å². The van der Waals surface area contributed by atoms with Crippen molar-refractivity contribution in [1.82, 2.24) is 19.5 Å². The Labute approximate surface area is 163 Å². The van der Waals surface area contributed by atoms with Crippen molar-refractivity contribution < 1.29 is 4.39 Å². The van der Waals surface area contributed by atoms with Crippen molar-refractivity contribution >= 4 is 34.6 Å². The number of benzene rings is 2. The largest absolute Gasteiger partial charge is 0.383 e. The fourth-order valence-corrected chi connectivity index (χ4v) is 3.30. The van der Waals surface area contributed by atoms with Crippen molar-refractivity contribution in [3.8, 4) is 17.1 Å². The zero-order chi connectivity index (χ0) is 19.8. The van der Waals surface area contributed by atoms with Gasteiger partial charge in [0.05, 0.1) is 5.69 Å². The number of nitrogens with zero attached hydrogens (tertiary/aromatic N) is 4. The minimum absolute atomic E-state index is 0.0415. The zero-order valence-electron chi connectivity index (χ0n) is 14.8. The van der Waals surface area contributed by atoms with Crippen LogP contribution in [0.3, 0.4) is 0 Å². The number of fused-ring (bicyclic) bond motifs is 1. The Morgan fingerprint density at radius 3 is 2.29 bits per heavy atom. The molecule has 0 fully saturated rings. The Balaban J connectivity index is 2.09. The average molecular weight is 394 g/mol. The van der Waals surface area contributed by atoms with Crippen LogP contribution in [0.1, 0.15) is 0 Å². The highest BCUT2D eigenvalue weighted by atomic mass is 32.2. The summed E-state index contributed by atoms with van der Waals surface area (Å²) in [6.07, 6.45) is 1.96. The summed E-state index contributed by atoms with van der Waals surface area (Å²) in [5, 5.41) is 0.0778. The maximum absolute atomic E-state index is 13.4. The molecule has 9 heteroatoms. The second kappa shape index (κ2) is 6.93. The number of nitrogens with two attached hydrogens (primary N) is 2. The highest BCUT2D eigenvalue weighted by Crippen LogP contribution is 2.25. The normalized spacial score (nSPS) is 11.1. The molecule has 7 nitrogen and oxygen atoms in total. The third kappa shape index (κ3) is 3.05. The molecule has 28 heavy (non-hydrogen) atoms.